The molecule has 7 rings (SSSR count). The average Bonchev–Trinajstić information content (AvgIpc) is 3.39. The van der Waals surface area contributed by atoms with Gasteiger partial charge >= 0.3 is 0 Å². The van der Waals surface area contributed by atoms with E-state index in [4.69, 9.17) is 4.42 Å². The number of rotatable bonds is 3. The van der Waals surface area contributed by atoms with Crippen molar-refractivity contribution < 1.29 is 24.5 Å². The molecule has 239 valence electrons. The monoisotopic (exact) mass is 793 g/mol. The zero-order valence-corrected chi connectivity index (χ0v) is 30.8. The molecule has 0 fully saturated rings. The van der Waals surface area contributed by atoms with Crippen LogP contribution < -0.4 is 0 Å². The van der Waals surface area contributed by atoms with Crippen LogP contribution in [0.15, 0.2) is 102 Å². The van der Waals surface area contributed by atoms with Gasteiger partial charge in [-0.25, -0.2) is 0 Å². The summed E-state index contributed by atoms with van der Waals surface area (Å²) in [5, 5.41) is 2.25. The molecule has 3 nitrogen and oxygen atoms in total. The Bertz CT molecular complexity index is 2170. The molecule has 47 heavy (non-hydrogen) atoms. The molecule has 0 amide bonds. The topological polar surface area (TPSA) is 38.9 Å². The van der Waals surface area contributed by atoms with Crippen LogP contribution in [0.3, 0.4) is 0 Å². The van der Waals surface area contributed by atoms with Crippen molar-refractivity contribution >= 4 is 21.9 Å². The minimum atomic E-state index is 0. The van der Waals surface area contributed by atoms with Crippen molar-refractivity contribution in [3.63, 3.8) is 0 Å². The molecular formula is C43H40IrN2O-2. The van der Waals surface area contributed by atoms with Gasteiger partial charge in [0.25, 0.3) is 0 Å². The number of hydrogen-bond acceptors (Lipinski definition) is 3. The minimum absolute atomic E-state index is 0. The predicted molar refractivity (Wildman–Crippen MR) is 192 cm³/mol. The van der Waals surface area contributed by atoms with Crippen LogP contribution >= 0.6 is 0 Å². The SMILES string of the molecule is Cc1cc(C)c(-c2ccnc(-c3[c-]cccc3)c2)c(C)c1.Cc1ccc2c(c1)oc1c(-c3cc(C(C)(C)C)c(C)cn3)[c-]ccc12.[Ir]. The molecule has 4 heteroatoms. The van der Waals surface area contributed by atoms with Gasteiger partial charge < -0.3 is 14.4 Å². The normalized spacial score (nSPS) is 11.2. The van der Waals surface area contributed by atoms with Crippen LogP contribution in [-0.4, -0.2) is 9.97 Å². The van der Waals surface area contributed by atoms with E-state index in [1.165, 1.54) is 44.5 Å². The minimum Gasteiger partial charge on any atom is -0.501 e. The molecule has 0 N–H and O–H groups in total. The van der Waals surface area contributed by atoms with E-state index in [1.807, 2.05) is 42.7 Å². The molecule has 4 aromatic carbocycles. The molecule has 1 radical (unpaired) electrons. The second-order valence-corrected chi connectivity index (χ2v) is 13.3. The molecule has 0 unspecified atom stereocenters. The maximum Gasteiger partial charge on any atom is 0.121 e. The Hall–Kier alpha value is -4.37. The summed E-state index contributed by atoms with van der Waals surface area (Å²) in [6, 6.07) is 35.8. The van der Waals surface area contributed by atoms with Crippen LogP contribution in [0.4, 0.5) is 0 Å². The quantitative estimate of drug-likeness (QED) is 0.167. The van der Waals surface area contributed by atoms with Crippen LogP contribution in [0.2, 0.25) is 0 Å². The molecular weight excluding hydrogens is 753 g/mol. The third-order valence-electron chi connectivity index (χ3n) is 8.47. The third kappa shape index (κ3) is 7.15. The summed E-state index contributed by atoms with van der Waals surface area (Å²) in [5.74, 6) is 0. The second kappa shape index (κ2) is 13.8. The van der Waals surface area contributed by atoms with Crippen molar-refractivity contribution in [3.8, 4) is 33.6 Å². The van der Waals surface area contributed by atoms with Crippen LogP contribution in [-0.2, 0) is 25.5 Å². The maximum absolute atomic E-state index is 6.20. The molecule has 0 atom stereocenters. The van der Waals surface area contributed by atoms with Gasteiger partial charge in [-0.15, -0.1) is 54.1 Å². The third-order valence-corrected chi connectivity index (χ3v) is 8.47. The van der Waals surface area contributed by atoms with Gasteiger partial charge in [0.05, 0.1) is 5.58 Å². The first-order chi connectivity index (χ1) is 22.0. The Kier molecular flexibility index (Phi) is 9.96. The zero-order valence-electron chi connectivity index (χ0n) is 28.4. The number of nitrogens with zero attached hydrogens (tertiary/aromatic N) is 2. The molecule has 0 saturated carbocycles. The van der Waals surface area contributed by atoms with Gasteiger partial charge in [0.15, 0.2) is 0 Å². The van der Waals surface area contributed by atoms with Crippen LogP contribution in [0.5, 0.6) is 0 Å². The number of furan rings is 1. The van der Waals surface area contributed by atoms with Crippen molar-refractivity contribution in [3.05, 3.63) is 143 Å². The number of benzene rings is 4. The smallest absolute Gasteiger partial charge is 0.121 e. The molecule has 0 aliphatic carbocycles. The van der Waals surface area contributed by atoms with Gasteiger partial charge in [0, 0.05) is 37.9 Å². The van der Waals surface area contributed by atoms with Gasteiger partial charge in [0.2, 0.25) is 0 Å². The maximum atomic E-state index is 6.20. The van der Waals surface area contributed by atoms with E-state index in [0.717, 1.165) is 44.5 Å². The fourth-order valence-electron chi connectivity index (χ4n) is 6.43. The molecule has 0 aliphatic rings. The zero-order chi connectivity index (χ0) is 32.6. The van der Waals surface area contributed by atoms with Crippen molar-refractivity contribution in [2.24, 2.45) is 0 Å². The summed E-state index contributed by atoms with van der Waals surface area (Å²) in [6.45, 7) is 17.4. The van der Waals surface area contributed by atoms with E-state index in [0.29, 0.717) is 0 Å². The van der Waals surface area contributed by atoms with Crippen LogP contribution in [0.25, 0.3) is 55.6 Å². The van der Waals surface area contributed by atoms with E-state index in [-0.39, 0.29) is 25.5 Å². The van der Waals surface area contributed by atoms with Gasteiger partial charge in [-0.1, -0.05) is 73.7 Å². The molecule has 0 aliphatic heterocycles. The summed E-state index contributed by atoms with van der Waals surface area (Å²) in [5.41, 5.74) is 15.8. The van der Waals surface area contributed by atoms with Crippen molar-refractivity contribution in [1.82, 2.24) is 9.97 Å². The molecule has 7 aromatic rings. The predicted octanol–water partition coefficient (Wildman–Crippen LogP) is 11.5. The molecule has 0 spiro atoms. The van der Waals surface area contributed by atoms with Crippen molar-refractivity contribution in [2.75, 3.05) is 0 Å². The second-order valence-electron chi connectivity index (χ2n) is 13.3. The number of aromatic nitrogens is 2. The first-order valence-corrected chi connectivity index (χ1v) is 15.8. The Morgan fingerprint density at radius 1 is 0.660 bits per heavy atom. The van der Waals surface area contributed by atoms with E-state index in [2.05, 4.69) is 132 Å². The van der Waals surface area contributed by atoms with Gasteiger partial charge in [-0.05, 0) is 102 Å². The largest absolute Gasteiger partial charge is 0.501 e. The summed E-state index contributed by atoms with van der Waals surface area (Å²) in [4.78, 5) is 9.15. The van der Waals surface area contributed by atoms with Gasteiger partial charge in [-0.3, -0.25) is 0 Å². The first kappa shape index (κ1) is 34.0. The summed E-state index contributed by atoms with van der Waals surface area (Å²) >= 11 is 0. The fourth-order valence-corrected chi connectivity index (χ4v) is 6.43. The number of fused-ring (bicyclic) bond motifs is 3. The number of pyridine rings is 2. The van der Waals surface area contributed by atoms with E-state index >= 15 is 0 Å². The van der Waals surface area contributed by atoms with E-state index in [1.54, 1.807) is 0 Å². The number of aryl methyl sites for hydroxylation is 5. The van der Waals surface area contributed by atoms with E-state index < -0.39 is 0 Å². The standard InChI is InChI=1S/C23H22NO.C20H18N.Ir/c1-14-9-10-16-17-7-6-8-18(22(17)25-21(16)11-14)20-12-19(23(3,4)5)15(2)13-24-20;1-14-11-15(2)20(16(3)12-14)18-9-10-21-19(13-18)17-7-5-4-6-8-17;/h6-7,9-13H,1-5H3;4-7,9-13H,1-3H3;/q2*-1;. The Morgan fingerprint density at radius 3 is 2.13 bits per heavy atom. The Balaban J connectivity index is 0.000000183. The van der Waals surface area contributed by atoms with Crippen molar-refractivity contribution in [1.29, 1.82) is 0 Å². The van der Waals surface area contributed by atoms with Gasteiger partial charge in [-0.2, -0.15) is 0 Å². The van der Waals surface area contributed by atoms with Crippen LogP contribution in [0, 0.1) is 46.8 Å². The molecule has 3 heterocycles. The van der Waals surface area contributed by atoms with Gasteiger partial charge in [0.1, 0.15) is 5.58 Å². The fraction of sp³-hybridized carbons (Fsp3) is 0.209. The Labute approximate surface area is 292 Å². The summed E-state index contributed by atoms with van der Waals surface area (Å²) < 4.78 is 6.20. The molecule has 0 saturated heterocycles. The summed E-state index contributed by atoms with van der Waals surface area (Å²) in [6.07, 6.45) is 3.83. The molecule has 0 bridgehead atoms. The van der Waals surface area contributed by atoms with Crippen molar-refractivity contribution in [2.45, 2.75) is 60.8 Å². The first-order valence-electron chi connectivity index (χ1n) is 15.8. The summed E-state index contributed by atoms with van der Waals surface area (Å²) in [7, 11) is 0. The van der Waals surface area contributed by atoms with E-state index in [9.17, 15) is 0 Å². The van der Waals surface area contributed by atoms with Crippen LogP contribution in [0.1, 0.15) is 54.2 Å². The average molecular weight is 793 g/mol. The Morgan fingerprint density at radius 2 is 1.43 bits per heavy atom. The molecule has 3 aromatic heterocycles. The number of hydrogen-bond donors (Lipinski definition) is 0.